The van der Waals surface area contributed by atoms with E-state index in [1.54, 1.807) is 25.3 Å². The van der Waals surface area contributed by atoms with Crippen LogP contribution >= 0.6 is 0 Å². The highest BCUT2D eigenvalue weighted by Crippen LogP contribution is 2.45. The molecule has 35 heavy (non-hydrogen) atoms. The molecule has 0 fully saturated rings. The molecule has 1 aliphatic heterocycles. The Hall–Kier alpha value is -3.93. The second-order valence-electron chi connectivity index (χ2n) is 9.34. The quantitative estimate of drug-likeness (QED) is 0.414. The van der Waals surface area contributed by atoms with E-state index < -0.39 is 0 Å². The Morgan fingerprint density at radius 1 is 0.914 bits per heavy atom. The first-order chi connectivity index (χ1) is 16.9. The number of fused-ring (bicyclic) bond motifs is 1. The second kappa shape index (κ2) is 9.37. The van der Waals surface area contributed by atoms with Crippen molar-refractivity contribution in [3.05, 3.63) is 89.1 Å². The van der Waals surface area contributed by atoms with Gasteiger partial charge in [-0.05, 0) is 73.7 Å². The molecule has 6 nitrogen and oxygen atoms in total. The number of allylic oxidation sites excluding steroid dienone is 1. The number of carbonyl (C=O) groups is 1. The first kappa shape index (κ1) is 22.8. The van der Waals surface area contributed by atoms with Crippen molar-refractivity contribution >= 4 is 17.2 Å². The van der Waals surface area contributed by atoms with Crippen molar-refractivity contribution in [3.63, 3.8) is 0 Å². The topological polar surface area (TPSA) is 79.8 Å². The molecule has 3 aromatic rings. The minimum Gasteiger partial charge on any atom is -0.508 e. The number of anilines is 2. The summed E-state index contributed by atoms with van der Waals surface area (Å²) >= 11 is 0. The van der Waals surface area contributed by atoms with Gasteiger partial charge in [0.05, 0.1) is 30.6 Å². The smallest absolute Gasteiger partial charge is 0.163 e. The third-order valence-corrected chi connectivity index (χ3v) is 6.53. The summed E-state index contributed by atoms with van der Waals surface area (Å²) in [4.78, 5) is 13.7. The fraction of sp³-hybridized carbons (Fsp3) is 0.276. The van der Waals surface area contributed by atoms with Crippen LogP contribution in [0.5, 0.6) is 17.2 Å². The molecule has 0 bridgehead atoms. The van der Waals surface area contributed by atoms with Crippen molar-refractivity contribution < 1.29 is 19.4 Å². The van der Waals surface area contributed by atoms with Crippen LogP contribution in [0.25, 0.3) is 0 Å². The fourth-order valence-corrected chi connectivity index (χ4v) is 4.97. The zero-order valence-electron chi connectivity index (χ0n) is 20.2. The molecule has 0 radical (unpaired) electrons. The van der Waals surface area contributed by atoms with E-state index in [9.17, 15) is 9.90 Å². The maximum absolute atomic E-state index is 13.7. The number of hydrogen-bond donors (Lipinski definition) is 3. The number of phenolic OH excluding ortho intramolecular Hbond substituents is 1. The normalized spacial score (nSPS) is 19.3. The van der Waals surface area contributed by atoms with Crippen molar-refractivity contribution in [2.75, 3.05) is 17.7 Å². The van der Waals surface area contributed by atoms with Gasteiger partial charge in [-0.1, -0.05) is 30.3 Å². The van der Waals surface area contributed by atoms with E-state index >= 15 is 0 Å². The van der Waals surface area contributed by atoms with Gasteiger partial charge < -0.3 is 25.2 Å². The Bertz CT molecular complexity index is 1300. The number of nitrogens with one attached hydrogen (secondary N) is 2. The molecule has 2 atom stereocenters. The molecule has 3 aromatic carbocycles. The summed E-state index contributed by atoms with van der Waals surface area (Å²) in [5.74, 6) is 1.63. The summed E-state index contributed by atoms with van der Waals surface area (Å²) in [5, 5.41) is 17.2. The maximum Gasteiger partial charge on any atom is 0.163 e. The molecular weight excluding hydrogens is 440 g/mol. The van der Waals surface area contributed by atoms with E-state index in [1.807, 2.05) is 62.4 Å². The van der Waals surface area contributed by atoms with Gasteiger partial charge in [-0.2, -0.15) is 0 Å². The van der Waals surface area contributed by atoms with Gasteiger partial charge in [-0.3, -0.25) is 4.79 Å². The molecule has 1 heterocycles. The lowest BCUT2D eigenvalue weighted by atomic mass is 9.78. The van der Waals surface area contributed by atoms with Crippen molar-refractivity contribution in [1.29, 1.82) is 0 Å². The van der Waals surface area contributed by atoms with Gasteiger partial charge in [0.25, 0.3) is 0 Å². The number of rotatable bonds is 5. The molecule has 0 spiro atoms. The second-order valence-corrected chi connectivity index (χ2v) is 9.34. The Morgan fingerprint density at radius 3 is 2.46 bits per heavy atom. The van der Waals surface area contributed by atoms with Crippen LogP contribution in [0.4, 0.5) is 11.4 Å². The molecule has 0 aromatic heterocycles. The highest BCUT2D eigenvalue weighted by atomic mass is 16.5. The third kappa shape index (κ3) is 4.56. The zero-order chi connectivity index (χ0) is 24.5. The number of aromatic hydroxyl groups is 1. The molecule has 0 saturated heterocycles. The number of carbonyl (C=O) groups excluding carboxylic acids is 1. The highest BCUT2D eigenvalue weighted by Gasteiger charge is 2.36. The summed E-state index contributed by atoms with van der Waals surface area (Å²) in [6, 6.07) is 20.6. The predicted octanol–water partition coefficient (Wildman–Crippen LogP) is 6.17. The van der Waals surface area contributed by atoms with E-state index in [1.165, 1.54) is 0 Å². The Kier molecular flexibility index (Phi) is 6.12. The third-order valence-electron chi connectivity index (χ3n) is 6.53. The number of phenols is 1. The summed E-state index contributed by atoms with van der Waals surface area (Å²) < 4.78 is 11.5. The molecule has 1 aliphatic carbocycles. The Morgan fingerprint density at radius 2 is 1.71 bits per heavy atom. The number of para-hydroxylation sites is 2. The van der Waals surface area contributed by atoms with Crippen molar-refractivity contribution in [2.45, 2.75) is 44.8 Å². The lowest BCUT2D eigenvalue weighted by molar-refractivity contribution is -0.116. The Labute approximate surface area is 205 Å². The van der Waals surface area contributed by atoms with Crippen LogP contribution in [-0.2, 0) is 4.79 Å². The Balaban J connectivity index is 1.55. The van der Waals surface area contributed by atoms with Crippen LogP contribution in [0.1, 0.15) is 49.8 Å². The van der Waals surface area contributed by atoms with E-state index in [4.69, 9.17) is 9.47 Å². The summed E-state index contributed by atoms with van der Waals surface area (Å²) in [7, 11) is 1.63. The van der Waals surface area contributed by atoms with Crippen LogP contribution in [0, 0.1) is 0 Å². The molecule has 3 N–H and O–H groups in total. The monoisotopic (exact) mass is 470 g/mol. The van der Waals surface area contributed by atoms with E-state index in [0.717, 1.165) is 33.8 Å². The van der Waals surface area contributed by atoms with Gasteiger partial charge in [0.1, 0.15) is 5.75 Å². The number of Topliss-reactive ketones (excluding diaryl/α,β-unsaturated/α-hetero) is 1. The van der Waals surface area contributed by atoms with Gasteiger partial charge in [0.2, 0.25) is 0 Å². The van der Waals surface area contributed by atoms with E-state index in [0.29, 0.717) is 24.3 Å². The van der Waals surface area contributed by atoms with Crippen molar-refractivity contribution in [1.82, 2.24) is 0 Å². The summed E-state index contributed by atoms with van der Waals surface area (Å²) in [5.41, 5.74) is 5.35. The number of methoxy groups -OCH3 is 1. The SMILES string of the molecule is COc1cc(C2CC(=O)C3=C(C2)Nc2ccccc2NC3c2cccc(O)c2)ccc1OC(C)C. The largest absolute Gasteiger partial charge is 0.508 e. The minimum absolute atomic E-state index is 0.00541. The molecule has 180 valence electrons. The molecule has 6 heteroatoms. The molecule has 2 aliphatic rings. The lowest BCUT2D eigenvalue weighted by Crippen LogP contribution is -2.26. The van der Waals surface area contributed by atoms with E-state index in [2.05, 4.69) is 10.6 Å². The maximum atomic E-state index is 13.7. The zero-order valence-corrected chi connectivity index (χ0v) is 20.2. The van der Waals surface area contributed by atoms with Crippen LogP contribution in [0.15, 0.2) is 78.0 Å². The van der Waals surface area contributed by atoms with E-state index in [-0.39, 0.29) is 29.6 Å². The number of hydrogen-bond acceptors (Lipinski definition) is 6. The van der Waals surface area contributed by atoms with Gasteiger partial charge in [0.15, 0.2) is 17.3 Å². The first-order valence-electron chi connectivity index (χ1n) is 11.9. The van der Waals surface area contributed by atoms with Crippen molar-refractivity contribution in [2.24, 2.45) is 0 Å². The molecule has 0 saturated carbocycles. The average molecular weight is 471 g/mol. The average Bonchev–Trinajstić information content (AvgIpc) is 3.01. The molecular formula is C29H30N2O4. The standard InChI is InChI=1S/C29H30N2O4/c1-17(2)35-26-12-11-18(16-27(26)34-3)20-14-24-28(25(33)15-20)29(19-7-6-8-21(32)13-19)31-23-10-5-4-9-22(23)30-24/h4-13,16-17,20,29-32H,14-15H2,1-3H3. The number of ether oxygens (including phenoxy) is 2. The molecule has 5 rings (SSSR count). The van der Waals surface area contributed by atoms with Gasteiger partial charge in [-0.15, -0.1) is 0 Å². The summed E-state index contributed by atoms with van der Waals surface area (Å²) in [6.45, 7) is 3.96. The highest BCUT2D eigenvalue weighted by molar-refractivity contribution is 6.01. The van der Waals surface area contributed by atoms with Gasteiger partial charge in [0, 0.05) is 17.7 Å². The number of ketones is 1. The van der Waals surface area contributed by atoms with Crippen LogP contribution in [-0.4, -0.2) is 24.1 Å². The molecule has 2 unspecified atom stereocenters. The van der Waals surface area contributed by atoms with Crippen molar-refractivity contribution in [3.8, 4) is 17.2 Å². The predicted molar refractivity (Wildman–Crippen MR) is 137 cm³/mol. The lowest BCUT2D eigenvalue weighted by Gasteiger charge is -2.30. The first-order valence-corrected chi connectivity index (χ1v) is 11.9. The minimum atomic E-state index is -0.363. The van der Waals surface area contributed by atoms with Gasteiger partial charge >= 0.3 is 0 Å². The van der Waals surface area contributed by atoms with Gasteiger partial charge in [-0.25, -0.2) is 0 Å². The van der Waals surface area contributed by atoms with Crippen LogP contribution < -0.4 is 20.1 Å². The molecule has 0 amide bonds. The summed E-state index contributed by atoms with van der Waals surface area (Å²) in [6.07, 6.45) is 1.11. The number of benzene rings is 3. The van der Waals surface area contributed by atoms with Crippen LogP contribution in [0.2, 0.25) is 0 Å². The van der Waals surface area contributed by atoms with Crippen LogP contribution in [0.3, 0.4) is 0 Å². The fourth-order valence-electron chi connectivity index (χ4n) is 4.97.